The molecule has 0 spiro atoms. The highest BCUT2D eigenvalue weighted by Gasteiger charge is 2.35. The van der Waals surface area contributed by atoms with Crippen LogP contribution >= 0.6 is 0 Å². The number of carbonyl (C=O) groups excluding carboxylic acids is 4. The van der Waals surface area contributed by atoms with Crippen molar-refractivity contribution in [3.63, 3.8) is 0 Å². The molecule has 0 aromatic rings. The number of likely N-dealkylation sites (N-methyl/N-ethyl adjacent to an activating group) is 1. The van der Waals surface area contributed by atoms with Crippen LogP contribution in [0.15, 0.2) is 11.6 Å². The highest BCUT2D eigenvalue weighted by molar-refractivity contribution is 5.97. The van der Waals surface area contributed by atoms with Gasteiger partial charge in [0.05, 0.1) is 12.6 Å². The van der Waals surface area contributed by atoms with Crippen LogP contribution in [0.25, 0.3) is 0 Å². The molecule has 0 aromatic carbocycles. The van der Waals surface area contributed by atoms with Crippen LogP contribution in [0.2, 0.25) is 0 Å². The van der Waals surface area contributed by atoms with Gasteiger partial charge in [0.1, 0.15) is 6.04 Å². The minimum absolute atomic E-state index is 0.0745. The zero-order chi connectivity index (χ0) is 22.8. The number of hydrogen-bond donors (Lipinski definition) is 2. The Kier molecular flexibility index (Phi) is 10.6. The summed E-state index contributed by atoms with van der Waals surface area (Å²) >= 11 is 0. The van der Waals surface area contributed by atoms with Crippen LogP contribution in [-0.4, -0.2) is 72.2 Å². The maximum absolute atomic E-state index is 13.1. The van der Waals surface area contributed by atoms with Gasteiger partial charge in [-0.1, -0.05) is 33.3 Å². The van der Waals surface area contributed by atoms with Crippen LogP contribution in [-0.2, 0) is 19.2 Å². The summed E-state index contributed by atoms with van der Waals surface area (Å²) < 4.78 is 0. The Labute approximate surface area is 180 Å². The maximum Gasteiger partial charge on any atom is 0.249 e. The Morgan fingerprint density at radius 2 is 1.90 bits per heavy atom. The topological polar surface area (TPSA) is 98.8 Å². The first kappa shape index (κ1) is 25.7. The quantitative estimate of drug-likeness (QED) is 0.389. The van der Waals surface area contributed by atoms with E-state index in [1.54, 1.807) is 29.8 Å². The third kappa shape index (κ3) is 7.15. The lowest BCUT2D eigenvalue weighted by Crippen LogP contribution is -2.48. The molecular weight excluding hydrogens is 384 g/mol. The molecule has 0 bridgehead atoms. The van der Waals surface area contributed by atoms with E-state index in [9.17, 15) is 19.2 Å². The number of nitrogens with zero attached hydrogens (tertiary/aromatic N) is 2. The normalized spacial score (nSPS) is 18.7. The summed E-state index contributed by atoms with van der Waals surface area (Å²) in [6.07, 6.45) is 5.62. The van der Waals surface area contributed by atoms with Gasteiger partial charge in [-0.15, -0.1) is 0 Å². The van der Waals surface area contributed by atoms with E-state index in [0.29, 0.717) is 24.9 Å². The summed E-state index contributed by atoms with van der Waals surface area (Å²) in [5.41, 5.74) is 0.512. The Morgan fingerprint density at radius 3 is 2.47 bits per heavy atom. The molecule has 0 radical (unpaired) electrons. The molecule has 2 unspecified atom stereocenters. The van der Waals surface area contributed by atoms with Crippen molar-refractivity contribution in [2.45, 2.75) is 78.4 Å². The third-order valence-electron chi connectivity index (χ3n) is 5.55. The van der Waals surface area contributed by atoms with E-state index >= 15 is 0 Å². The van der Waals surface area contributed by atoms with Crippen molar-refractivity contribution in [3.8, 4) is 0 Å². The van der Waals surface area contributed by atoms with E-state index in [-0.39, 0.29) is 42.3 Å². The highest BCUT2D eigenvalue weighted by Crippen LogP contribution is 2.22. The van der Waals surface area contributed by atoms with Crippen LogP contribution in [0.3, 0.4) is 0 Å². The van der Waals surface area contributed by atoms with Crippen molar-refractivity contribution in [2.75, 3.05) is 20.1 Å². The average molecular weight is 423 g/mol. The number of hydrogen-bond acceptors (Lipinski definition) is 4. The van der Waals surface area contributed by atoms with Gasteiger partial charge in [0.2, 0.25) is 24.1 Å². The van der Waals surface area contributed by atoms with Gasteiger partial charge in [0.15, 0.2) is 0 Å². The number of carbonyl (C=O) groups is 4. The van der Waals surface area contributed by atoms with Crippen LogP contribution < -0.4 is 10.6 Å². The summed E-state index contributed by atoms with van der Waals surface area (Å²) in [7, 11) is 1.66. The fourth-order valence-electron chi connectivity index (χ4n) is 3.85. The first-order valence-corrected chi connectivity index (χ1v) is 10.9. The molecule has 1 aliphatic rings. The van der Waals surface area contributed by atoms with Gasteiger partial charge in [0.25, 0.3) is 0 Å². The van der Waals surface area contributed by atoms with Crippen molar-refractivity contribution >= 4 is 24.1 Å². The Hall–Kier alpha value is -2.38. The van der Waals surface area contributed by atoms with Gasteiger partial charge >= 0.3 is 0 Å². The molecule has 8 nitrogen and oxygen atoms in total. The Bertz CT molecular complexity index is 647. The molecule has 4 amide bonds. The standard InChI is InChI=1S/C22H38N4O4/c1-7-9-17(5)24-21(29)18-10-8-11-26(18)22(30)16(4)12-19(15(2)3)25(6)20(28)13-23-14-27/h12,14-15,17-19H,7-11,13H2,1-6H3,(H,23,27)(H,24,29)/t17?,18-,19?/m0/s1. The van der Waals surface area contributed by atoms with Crippen LogP contribution in [0.5, 0.6) is 0 Å². The molecule has 1 rings (SSSR count). The number of amides is 4. The van der Waals surface area contributed by atoms with Crippen LogP contribution in [0, 0.1) is 5.92 Å². The minimum atomic E-state index is -0.450. The van der Waals surface area contributed by atoms with Gasteiger partial charge in [0, 0.05) is 25.2 Å². The smallest absolute Gasteiger partial charge is 0.249 e. The van der Waals surface area contributed by atoms with E-state index in [1.165, 1.54) is 0 Å². The van der Waals surface area contributed by atoms with Crippen molar-refractivity contribution in [1.29, 1.82) is 0 Å². The predicted octanol–water partition coefficient (Wildman–Crippen LogP) is 1.46. The fourth-order valence-corrected chi connectivity index (χ4v) is 3.85. The second-order valence-electron chi connectivity index (χ2n) is 8.44. The van der Waals surface area contributed by atoms with Gasteiger partial charge in [-0.05, 0) is 39.0 Å². The molecule has 3 atom stereocenters. The average Bonchev–Trinajstić information content (AvgIpc) is 3.18. The second-order valence-corrected chi connectivity index (χ2v) is 8.44. The molecule has 8 heteroatoms. The third-order valence-corrected chi connectivity index (χ3v) is 5.55. The number of likely N-dealkylation sites (tertiary alicyclic amines) is 1. The summed E-state index contributed by atoms with van der Waals surface area (Å²) in [6, 6.07) is -0.662. The number of rotatable bonds is 11. The first-order chi connectivity index (χ1) is 14.1. The van der Waals surface area contributed by atoms with Crippen LogP contribution in [0.4, 0.5) is 0 Å². The SMILES string of the molecule is CCCC(C)NC(=O)[C@@H]1CCCN1C(=O)C(C)=CC(C(C)C)N(C)C(=O)CNC=O. The van der Waals surface area contributed by atoms with Gasteiger partial charge < -0.3 is 20.4 Å². The monoisotopic (exact) mass is 422 g/mol. The second kappa shape index (κ2) is 12.3. The Balaban J connectivity index is 2.92. The van der Waals surface area contributed by atoms with Crippen molar-refractivity contribution in [3.05, 3.63) is 11.6 Å². The van der Waals surface area contributed by atoms with Crippen molar-refractivity contribution in [1.82, 2.24) is 20.4 Å². The molecule has 1 fully saturated rings. The van der Waals surface area contributed by atoms with E-state index < -0.39 is 6.04 Å². The fraction of sp³-hybridized carbons (Fsp3) is 0.727. The molecular formula is C22H38N4O4. The highest BCUT2D eigenvalue weighted by atomic mass is 16.2. The summed E-state index contributed by atoms with van der Waals surface area (Å²) in [5, 5.41) is 5.39. The zero-order valence-corrected chi connectivity index (χ0v) is 19.2. The van der Waals surface area contributed by atoms with E-state index in [4.69, 9.17) is 0 Å². The van der Waals surface area contributed by atoms with Gasteiger partial charge in [-0.25, -0.2) is 0 Å². The molecule has 0 aromatic heterocycles. The predicted molar refractivity (Wildman–Crippen MR) is 116 cm³/mol. The number of nitrogens with one attached hydrogen (secondary N) is 2. The molecule has 1 heterocycles. The molecule has 1 saturated heterocycles. The molecule has 2 N–H and O–H groups in total. The summed E-state index contributed by atoms with van der Waals surface area (Å²) in [6.45, 7) is 10.2. The van der Waals surface area contributed by atoms with E-state index in [1.807, 2.05) is 20.8 Å². The lowest BCUT2D eigenvalue weighted by Gasteiger charge is -2.30. The Morgan fingerprint density at radius 1 is 1.23 bits per heavy atom. The molecule has 0 aliphatic carbocycles. The largest absolute Gasteiger partial charge is 0.352 e. The van der Waals surface area contributed by atoms with Crippen molar-refractivity contribution in [2.24, 2.45) is 5.92 Å². The van der Waals surface area contributed by atoms with Crippen LogP contribution in [0.1, 0.15) is 60.3 Å². The van der Waals surface area contributed by atoms with Gasteiger partial charge in [-0.2, -0.15) is 0 Å². The zero-order valence-electron chi connectivity index (χ0n) is 19.2. The van der Waals surface area contributed by atoms with E-state index in [0.717, 1.165) is 19.3 Å². The first-order valence-electron chi connectivity index (χ1n) is 10.9. The van der Waals surface area contributed by atoms with Crippen molar-refractivity contribution < 1.29 is 19.2 Å². The molecule has 30 heavy (non-hydrogen) atoms. The lowest BCUT2D eigenvalue weighted by atomic mass is 9.99. The van der Waals surface area contributed by atoms with Gasteiger partial charge in [-0.3, -0.25) is 19.2 Å². The molecule has 1 aliphatic heterocycles. The lowest BCUT2D eigenvalue weighted by molar-refractivity contribution is -0.136. The molecule has 0 saturated carbocycles. The van der Waals surface area contributed by atoms with E-state index in [2.05, 4.69) is 17.6 Å². The summed E-state index contributed by atoms with van der Waals surface area (Å²) in [5.74, 6) is -0.429. The maximum atomic E-state index is 13.1. The minimum Gasteiger partial charge on any atom is -0.352 e. The summed E-state index contributed by atoms with van der Waals surface area (Å²) in [4.78, 5) is 51.7. The molecule has 170 valence electrons.